The number of thiocarbonyl (C=S) groups is 1. The normalized spacial score (nSPS) is 13.5. The number of benzene rings is 2. The molecule has 0 atom stereocenters. The van der Waals surface area contributed by atoms with E-state index in [2.05, 4.69) is 10.3 Å². The molecule has 8 nitrogen and oxygen atoms in total. The predicted molar refractivity (Wildman–Crippen MR) is 116 cm³/mol. The summed E-state index contributed by atoms with van der Waals surface area (Å²) in [6, 6.07) is 9.74. The van der Waals surface area contributed by atoms with Gasteiger partial charge < -0.3 is 20.5 Å². The number of halogens is 1. The second kappa shape index (κ2) is 7.77. The summed E-state index contributed by atoms with van der Waals surface area (Å²) in [7, 11) is 1.45. The lowest BCUT2D eigenvalue weighted by molar-refractivity contribution is -0.115. The van der Waals surface area contributed by atoms with Crippen molar-refractivity contribution >= 4 is 57.3 Å². The zero-order valence-corrected chi connectivity index (χ0v) is 17.2. The SMILES string of the molecule is COc1cc2nccc(Oc3ccc(N4C(=O)CNC4=S)c(Cl)c3)c2cc1C(N)=O. The number of aromatic nitrogens is 1. The fourth-order valence-corrected chi connectivity index (χ4v) is 3.65. The average molecular weight is 443 g/mol. The van der Waals surface area contributed by atoms with Crippen LogP contribution < -0.4 is 25.4 Å². The molecule has 0 bridgehead atoms. The Kier molecular flexibility index (Phi) is 5.15. The molecule has 2 heterocycles. The molecule has 2 amide bonds. The molecule has 1 aromatic heterocycles. The number of ether oxygens (including phenoxy) is 2. The van der Waals surface area contributed by atoms with E-state index in [0.29, 0.717) is 44.0 Å². The number of rotatable bonds is 5. The van der Waals surface area contributed by atoms with E-state index in [1.165, 1.54) is 12.0 Å². The van der Waals surface area contributed by atoms with Crippen molar-refractivity contribution in [3.05, 3.63) is 53.2 Å². The van der Waals surface area contributed by atoms with Gasteiger partial charge in [0.05, 0.1) is 35.4 Å². The second-order valence-electron chi connectivity index (χ2n) is 6.35. The Bertz CT molecular complexity index is 1200. The van der Waals surface area contributed by atoms with Gasteiger partial charge in [0, 0.05) is 23.7 Å². The van der Waals surface area contributed by atoms with Crippen LogP contribution in [-0.2, 0) is 4.79 Å². The Morgan fingerprint density at radius 1 is 1.27 bits per heavy atom. The maximum atomic E-state index is 12.0. The van der Waals surface area contributed by atoms with E-state index in [0.717, 1.165) is 0 Å². The van der Waals surface area contributed by atoms with Crippen molar-refractivity contribution in [3.8, 4) is 17.2 Å². The molecule has 0 spiro atoms. The smallest absolute Gasteiger partial charge is 0.252 e. The average Bonchev–Trinajstić information content (AvgIpc) is 3.05. The van der Waals surface area contributed by atoms with Gasteiger partial charge in [0.25, 0.3) is 11.8 Å². The van der Waals surface area contributed by atoms with Gasteiger partial charge in [0.15, 0.2) is 5.11 Å². The number of hydrogen-bond donors (Lipinski definition) is 2. The summed E-state index contributed by atoms with van der Waals surface area (Å²) in [5.74, 6) is 0.382. The Hall–Kier alpha value is -3.43. The molecule has 1 aliphatic rings. The third kappa shape index (κ3) is 3.49. The molecule has 0 radical (unpaired) electrons. The third-order valence-electron chi connectivity index (χ3n) is 4.52. The Balaban J connectivity index is 1.71. The van der Waals surface area contributed by atoms with Gasteiger partial charge in [0.1, 0.15) is 17.2 Å². The number of fused-ring (bicyclic) bond motifs is 1. The molecular formula is C20H15ClN4O4S. The van der Waals surface area contributed by atoms with E-state index in [-0.39, 0.29) is 18.0 Å². The fourth-order valence-electron chi connectivity index (χ4n) is 3.12. The van der Waals surface area contributed by atoms with Crippen molar-refractivity contribution in [1.29, 1.82) is 0 Å². The molecule has 10 heteroatoms. The lowest BCUT2D eigenvalue weighted by atomic mass is 10.1. The van der Waals surface area contributed by atoms with Gasteiger partial charge in [-0.3, -0.25) is 19.5 Å². The summed E-state index contributed by atoms with van der Waals surface area (Å²) in [6.07, 6.45) is 1.57. The number of anilines is 1. The van der Waals surface area contributed by atoms with Crippen molar-refractivity contribution in [2.45, 2.75) is 0 Å². The summed E-state index contributed by atoms with van der Waals surface area (Å²) in [4.78, 5) is 29.4. The van der Waals surface area contributed by atoms with Gasteiger partial charge >= 0.3 is 0 Å². The first-order valence-corrected chi connectivity index (χ1v) is 9.52. The molecule has 1 saturated heterocycles. The Morgan fingerprint density at radius 2 is 2.07 bits per heavy atom. The maximum absolute atomic E-state index is 12.0. The van der Waals surface area contributed by atoms with Crippen LogP contribution in [0.15, 0.2) is 42.6 Å². The van der Waals surface area contributed by atoms with Gasteiger partial charge in [-0.2, -0.15) is 0 Å². The number of hydrogen-bond acceptors (Lipinski definition) is 6. The van der Waals surface area contributed by atoms with Crippen LogP contribution in [0.25, 0.3) is 10.9 Å². The van der Waals surface area contributed by atoms with E-state index in [1.54, 1.807) is 42.6 Å². The third-order valence-corrected chi connectivity index (χ3v) is 5.15. The number of pyridine rings is 1. The maximum Gasteiger partial charge on any atom is 0.252 e. The summed E-state index contributed by atoms with van der Waals surface area (Å²) < 4.78 is 11.2. The van der Waals surface area contributed by atoms with E-state index >= 15 is 0 Å². The van der Waals surface area contributed by atoms with Crippen LogP contribution in [0.2, 0.25) is 5.02 Å². The number of nitrogens with two attached hydrogens (primary N) is 1. The monoisotopic (exact) mass is 442 g/mol. The largest absolute Gasteiger partial charge is 0.496 e. The van der Waals surface area contributed by atoms with Gasteiger partial charge in [-0.15, -0.1) is 0 Å². The second-order valence-corrected chi connectivity index (χ2v) is 7.14. The van der Waals surface area contributed by atoms with Crippen LogP contribution in [-0.4, -0.2) is 35.6 Å². The first-order valence-electron chi connectivity index (χ1n) is 8.74. The number of nitrogens with zero attached hydrogens (tertiary/aromatic N) is 2. The number of amides is 2. The first kappa shape index (κ1) is 19.9. The van der Waals surface area contributed by atoms with Gasteiger partial charge in [0.2, 0.25) is 0 Å². The molecule has 3 N–H and O–H groups in total. The molecular weight excluding hydrogens is 428 g/mol. The Morgan fingerprint density at radius 3 is 2.70 bits per heavy atom. The molecule has 3 aromatic rings. The van der Waals surface area contributed by atoms with Crippen molar-refractivity contribution in [1.82, 2.24) is 10.3 Å². The van der Waals surface area contributed by atoms with Gasteiger partial charge in [-0.05, 0) is 36.5 Å². The van der Waals surface area contributed by atoms with E-state index in [9.17, 15) is 9.59 Å². The Labute approximate surface area is 181 Å². The van der Waals surface area contributed by atoms with Crippen LogP contribution in [0.3, 0.4) is 0 Å². The first-order chi connectivity index (χ1) is 14.4. The molecule has 30 heavy (non-hydrogen) atoms. The van der Waals surface area contributed by atoms with Crippen LogP contribution in [0.4, 0.5) is 5.69 Å². The molecule has 0 saturated carbocycles. The van der Waals surface area contributed by atoms with E-state index < -0.39 is 5.91 Å². The number of primary amides is 1. The van der Waals surface area contributed by atoms with Gasteiger partial charge in [-0.25, -0.2) is 0 Å². The molecule has 0 aliphatic carbocycles. The predicted octanol–water partition coefficient (Wildman–Crippen LogP) is 3.01. The van der Waals surface area contributed by atoms with Crippen molar-refractivity contribution < 1.29 is 19.1 Å². The molecule has 0 unspecified atom stereocenters. The highest BCUT2D eigenvalue weighted by molar-refractivity contribution is 7.80. The van der Waals surface area contributed by atoms with Crippen molar-refractivity contribution in [2.24, 2.45) is 5.73 Å². The van der Waals surface area contributed by atoms with Crippen LogP contribution >= 0.6 is 23.8 Å². The topological polar surface area (TPSA) is 107 Å². The summed E-state index contributed by atoms with van der Waals surface area (Å²) in [5.41, 5.74) is 6.70. The number of nitrogens with one attached hydrogen (secondary N) is 1. The quantitative estimate of drug-likeness (QED) is 0.585. The minimum Gasteiger partial charge on any atom is -0.496 e. The summed E-state index contributed by atoms with van der Waals surface area (Å²) in [6.45, 7) is 0.127. The van der Waals surface area contributed by atoms with Crippen molar-refractivity contribution in [2.75, 3.05) is 18.6 Å². The molecule has 4 rings (SSSR count). The minimum absolute atomic E-state index is 0.127. The lowest BCUT2D eigenvalue weighted by Crippen LogP contribution is -2.30. The molecule has 152 valence electrons. The van der Waals surface area contributed by atoms with E-state index in [1.807, 2.05) is 0 Å². The van der Waals surface area contributed by atoms with Gasteiger partial charge in [-0.1, -0.05) is 11.6 Å². The van der Waals surface area contributed by atoms with Crippen molar-refractivity contribution in [3.63, 3.8) is 0 Å². The zero-order chi connectivity index (χ0) is 21.4. The van der Waals surface area contributed by atoms with Crippen LogP contribution in [0.5, 0.6) is 17.2 Å². The zero-order valence-electron chi connectivity index (χ0n) is 15.6. The standard InChI is InChI=1S/C20H15ClN4O4S/c1-28-17-8-14-11(7-12(17)19(22)27)16(4-5-23-14)29-10-2-3-15(13(21)6-10)25-18(26)9-24-20(25)30/h2-8H,9H2,1H3,(H2,22,27)(H,24,30). The summed E-state index contributed by atoms with van der Waals surface area (Å²) >= 11 is 11.5. The molecule has 1 aliphatic heterocycles. The highest BCUT2D eigenvalue weighted by atomic mass is 35.5. The van der Waals surface area contributed by atoms with Crippen LogP contribution in [0, 0.1) is 0 Å². The lowest BCUT2D eigenvalue weighted by Gasteiger charge is -2.17. The van der Waals surface area contributed by atoms with E-state index in [4.69, 9.17) is 39.0 Å². The highest BCUT2D eigenvalue weighted by Gasteiger charge is 2.28. The minimum atomic E-state index is -0.629. The highest BCUT2D eigenvalue weighted by Crippen LogP contribution is 2.36. The van der Waals surface area contributed by atoms with Crippen LogP contribution in [0.1, 0.15) is 10.4 Å². The molecule has 1 fully saturated rings. The number of methoxy groups -OCH3 is 1. The number of carbonyl (C=O) groups is 2. The number of carbonyl (C=O) groups excluding carboxylic acids is 2. The molecule has 2 aromatic carbocycles. The summed E-state index contributed by atoms with van der Waals surface area (Å²) in [5, 5.41) is 3.97. The fraction of sp³-hybridized carbons (Fsp3) is 0.100.